The Bertz CT molecular complexity index is 753. The third-order valence-corrected chi connectivity index (χ3v) is 4.02. The van der Waals surface area contributed by atoms with Crippen LogP contribution in [0.4, 0.5) is 0 Å². The lowest BCUT2D eigenvalue weighted by Gasteiger charge is -2.17. The molecule has 5 nitrogen and oxygen atoms in total. The Hall–Kier alpha value is -2.82. The number of phenols is 1. The van der Waals surface area contributed by atoms with Crippen LogP contribution in [-0.4, -0.2) is 23.6 Å². The number of hydrogen-bond donors (Lipinski definition) is 2. The highest BCUT2D eigenvalue weighted by atomic mass is 16.5. The van der Waals surface area contributed by atoms with Gasteiger partial charge in [0.2, 0.25) is 0 Å². The van der Waals surface area contributed by atoms with Gasteiger partial charge in [0.05, 0.1) is 6.04 Å². The van der Waals surface area contributed by atoms with Gasteiger partial charge in [0.1, 0.15) is 11.3 Å². The van der Waals surface area contributed by atoms with Gasteiger partial charge >= 0.3 is 5.97 Å². The molecular formula is C20H23NO4. The van der Waals surface area contributed by atoms with E-state index in [0.29, 0.717) is 5.56 Å². The second-order valence-corrected chi connectivity index (χ2v) is 5.99. The number of aromatic hydroxyl groups is 1. The number of benzene rings is 2. The van der Waals surface area contributed by atoms with Crippen LogP contribution in [0.2, 0.25) is 0 Å². The zero-order valence-electron chi connectivity index (χ0n) is 14.7. The van der Waals surface area contributed by atoms with Gasteiger partial charge in [-0.05, 0) is 37.5 Å². The molecule has 0 unspecified atom stereocenters. The number of rotatable bonds is 6. The number of carbonyl (C=O) groups is 2. The van der Waals surface area contributed by atoms with Crippen molar-refractivity contribution in [1.29, 1.82) is 0 Å². The van der Waals surface area contributed by atoms with Crippen molar-refractivity contribution in [2.75, 3.05) is 6.61 Å². The number of aryl methyl sites for hydroxylation is 2. The molecule has 0 radical (unpaired) electrons. The number of hydrogen-bond acceptors (Lipinski definition) is 4. The van der Waals surface area contributed by atoms with Crippen molar-refractivity contribution in [1.82, 2.24) is 5.32 Å². The van der Waals surface area contributed by atoms with Crippen LogP contribution in [0.1, 0.15) is 46.4 Å². The van der Waals surface area contributed by atoms with Crippen molar-refractivity contribution in [3.8, 4) is 5.75 Å². The summed E-state index contributed by atoms with van der Waals surface area (Å²) in [6, 6.07) is 12.6. The van der Waals surface area contributed by atoms with E-state index in [9.17, 15) is 14.7 Å². The number of amides is 1. The summed E-state index contributed by atoms with van der Waals surface area (Å²) in [5.41, 5.74) is 2.78. The molecule has 1 atom stereocenters. The highest BCUT2D eigenvalue weighted by molar-refractivity contribution is 5.94. The Balaban J connectivity index is 1.94. The van der Waals surface area contributed by atoms with Gasteiger partial charge < -0.3 is 15.2 Å². The molecule has 25 heavy (non-hydrogen) atoms. The predicted octanol–water partition coefficient (Wildman–Crippen LogP) is 3.43. The lowest BCUT2D eigenvalue weighted by molar-refractivity contribution is -0.125. The van der Waals surface area contributed by atoms with Crippen LogP contribution >= 0.6 is 0 Å². The van der Waals surface area contributed by atoms with Gasteiger partial charge in [-0.15, -0.1) is 0 Å². The van der Waals surface area contributed by atoms with E-state index < -0.39 is 12.6 Å². The standard InChI is InChI=1S/C20H23NO4/c1-4-17(15-10-8-13(2)9-11-15)21-18(22)12-25-20(24)16-7-5-6-14(3)19(16)23/h5-11,17,23H,4,12H2,1-3H3,(H,21,22)/t17-/m0/s1. The number of carbonyl (C=O) groups excluding carboxylic acids is 2. The van der Waals surface area contributed by atoms with Gasteiger partial charge in [-0.3, -0.25) is 4.79 Å². The molecule has 0 aliphatic carbocycles. The molecule has 2 aromatic carbocycles. The van der Waals surface area contributed by atoms with E-state index in [1.165, 1.54) is 6.07 Å². The van der Waals surface area contributed by atoms with Crippen molar-refractivity contribution in [3.63, 3.8) is 0 Å². The van der Waals surface area contributed by atoms with Gasteiger partial charge in [0.25, 0.3) is 5.91 Å². The van der Waals surface area contributed by atoms with Gasteiger partial charge in [-0.1, -0.05) is 48.9 Å². The quantitative estimate of drug-likeness (QED) is 0.789. The van der Waals surface area contributed by atoms with Gasteiger partial charge in [0, 0.05) is 0 Å². The molecular weight excluding hydrogens is 318 g/mol. The zero-order valence-corrected chi connectivity index (χ0v) is 14.7. The summed E-state index contributed by atoms with van der Waals surface area (Å²) in [5, 5.41) is 12.7. The molecule has 0 bridgehead atoms. The monoisotopic (exact) mass is 341 g/mol. The topological polar surface area (TPSA) is 75.6 Å². The molecule has 0 saturated carbocycles. The maximum Gasteiger partial charge on any atom is 0.342 e. The molecule has 5 heteroatoms. The number of para-hydroxylation sites is 1. The summed E-state index contributed by atoms with van der Waals surface area (Å²) in [6.45, 7) is 5.27. The summed E-state index contributed by atoms with van der Waals surface area (Å²) in [4.78, 5) is 24.1. The Labute approximate surface area is 147 Å². The first-order chi connectivity index (χ1) is 11.9. The van der Waals surface area contributed by atoms with E-state index in [1.807, 2.05) is 38.1 Å². The second kappa shape index (κ2) is 8.33. The molecule has 2 rings (SSSR count). The lowest BCUT2D eigenvalue weighted by atomic mass is 10.0. The average molecular weight is 341 g/mol. The lowest BCUT2D eigenvalue weighted by Crippen LogP contribution is -2.32. The minimum Gasteiger partial charge on any atom is -0.507 e. The zero-order chi connectivity index (χ0) is 18.4. The average Bonchev–Trinajstić information content (AvgIpc) is 2.61. The Kier molecular flexibility index (Phi) is 6.17. The third kappa shape index (κ3) is 4.83. The van der Waals surface area contributed by atoms with Gasteiger partial charge in [0.15, 0.2) is 6.61 Å². The number of esters is 1. The molecule has 0 aromatic heterocycles. The van der Waals surface area contributed by atoms with E-state index >= 15 is 0 Å². The van der Waals surface area contributed by atoms with Crippen molar-refractivity contribution >= 4 is 11.9 Å². The highest BCUT2D eigenvalue weighted by Gasteiger charge is 2.17. The molecule has 0 aliphatic rings. The molecule has 2 N–H and O–H groups in total. The molecule has 0 aliphatic heterocycles. The normalized spacial score (nSPS) is 11.6. The Morgan fingerprint density at radius 2 is 1.80 bits per heavy atom. The number of phenolic OH excluding ortho intramolecular Hbond substituents is 1. The second-order valence-electron chi connectivity index (χ2n) is 5.99. The minimum atomic E-state index is -0.722. The van der Waals surface area contributed by atoms with Crippen LogP contribution in [0.3, 0.4) is 0 Å². The fourth-order valence-electron chi connectivity index (χ4n) is 2.49. The third-order valence-electron chi connectivity index (χ3n) is 4.02. The van der Waals surface area contributed by atoms with Crippen LogP contribution < -0.4 is 5.32 Å². The maximum atomic E-state index is 12.1. The van der Waals surface area contributed by atoms with Crippen LogP contribution in [0.25, 0.3) is 0 Å². The molecule has 0 fully saturated rings. The SMILES string of the molecule is CC[C@H](NC(=O)COC(=O)c1cccc(C)c1O)c1ccc(C)cc1. The van der Waals surface area contributed by atoms with Crippen LogP contribution in [0, 0.1) is 13.8 Å². The first-order valence-electron chi connectivity index (χ1n) is 8.24. The largest absolute Gasteiger partial charge is 0.507 e. The maximum absolute atomic E-state index is 12.1. The first kappa shape index (κ1) is 18.5. The highest BCUT2D eigenvalue weighted by Crippen LogP contribution is 2.22. The van der Waals surface area contributed by atoms with E-state index in [-0.39, 0.29) is 23.3 Å². The summed E-state index contributed by atoms with van der Waals surface area (Å²) in [5.74, 6) is -1.23. The molecule has 0 heterocycles. The summed E-state index contributed by atoms with van der Waals surface area (Å²) in [6.07, 6.45) is 0.724. The van der Waals surface area contributed by atoms with Crippen molar-refractivity contribution in [2.45, 2.75) is 33.2 Å². The fourth-order valence-corrected chi connectivity index (χ4v) is 2.49. The number of nitrogens with one attached hydrogen (secondary N) is 1. The molecule has 0 saturated heterocycles. The Morgan fingerprint density at radius 1 is 1.12 bits per heavy atom. The predicted molar refractivity (Wildman–Crippen MR) is 95.5 cm³/mol. The van der Waals surface area contributed by atoms with Crippen LogP contribution in [-0.2, 0) is 9.53 Å². The smallest absolute Gasteiger partial charge is 0.342 e. The van der Waals surface area contributed by atoms with Crippen LogP contribution in [0.15, 0.2) is 42.5 Å². The van der Waals surface area contributed by atoms with E-state index in [2.05, 4.69) is 5.32 Å². The number of ether oxygens (including phenoxy) is 1. The summed E-state index contributed by atoms with van der Waals surface area (Å²) in [7, 11) is 0. The molecule has 1 amide bonds. The van der Waals surface area contributed by atoms with Crippen LogP contribution in [0.5, 0.6) is 5.75 Å². The Morgan fingerprint density at radius 3 is 2.44 bits per heavy atom. The molecule has 0 spiro atoms. The van der Waals surface area contributed by atoms with Gasteiger partial charge in [-0.2, -0.15) is 0 Å². The van der Waals surface area contributed by atoms with Crippen molar-refractivity contribution < 1.29 is 19.4 Å². The van der Waals surface area contributed by atoms with E-state index in [1.54, 1.807) is 19.1 Å². The minimum absolute atomic E-state index is 0.0541. The van der Waals surface area contributed by atoms with Gasteiger partial charge in [-0.25, -0.2) is 4.79 Å². The molecule has 2 aromatic rings. The fraction of sp³-hybridized carbons (Fsp3) is 0.300. The van der Waals surface area contributed by atoms with E-state index in [4.69, 9.17) is 4.74 Å². The first-order valence-corrected chi connectivity index (χ1v) is 8.24. The van der Waals surface area contributed by atoms with Crippen molar-refractivity contribution in [2.24, 2.45) is 0 Å². The van der Waals surface area contributed by atoms with Crippen molar-refractivity contribution in [3.05, 3.63) is 64.7 Å². The van der Waals surface area contributed by atoms with E-state index in [0.717, 1.165) is 17.5 Å². The molecule has 132 valence electrons. The summed E-state index contributed by atoms with van der Waals surface area (Å²) >= 11 is 0. The summed E-state index contributed by atoms with van der Waals surface area (Å²) < 4.78 is 5.02.